The predicted molar refractivity (Wildman–Crippen MR) is 302 cm³/mol. The Bertz CT molecular complexity index is 2250. The molecule has 0 saturated carbocycles. The zero-order chi connectivity index (χ0) is 48.4. The average Bonchev–Trinajstić information content (AvgIpc) is 3.41. The van der Waals surface area contributed by atoms with Gasteiger partial charge in [-0.2, -0.15) is 0 Å². The van der Waals surface area contributed by atoms with Crippen molar-refractivity contribution in [2.45, 2.75) is 16.8 Å². The minimum absolute atomic E-state index is 0. The molecule has 9 aromatic carbocycles. The van der Waals surface area contributed by atoms with Crippen LogP contribution < -0.4 is 36.9 Å². The third-order valence-electron chi connectivity index (χ3n) is 11.5. The maximum atomic E-state index is 9.61. The van der Waals surface area contributed by atoms with Gasteiger partial charge in [0.1, 0.15) is 16.8 Å². The van der Waals surface area contributed by atoms with Crippen LogP contribution in [0, 0.1) is 0 Å². The van der Waals surface area contributed by atoms with Crippen molar-refractivity contribution in [2.75, 3.05) is 0 Å². The molecule has 0 aliphatic carbocycles. The fourth-order valence-corrected chi connectivity index (χ4v) is 8.64. The van der Waals surface area contributed by atoms with Gasteiger partial charge in [0.05, 0.1) is 0 Å². The van der Waals surface area contributed by atoms with Crippen LogP contribution in [0.2, 0.25) is 0 Å². The van der Waals surface area contributed by atoms with Crippen molar-refractivity contribution in [3.63, 3.8) is 0 Å². The van der Waals surface area contributed by atoms with Crippen molar-refractivity contribution in [1.82, 2.24) is 36.9 Å². The Morgan fingerprint density at radius 3 is 0.368 bits per heavy atom. The van der Waals surface area contributed by atoms with E-state index in [9.17, 15) is 30.1 Å². The maximum Gasteiger partial charge on any atom is 0.635 e. The van der Waals surface area contributed by atoms with Crippen molar-refractivity contribution in [1.29, 1.82) is 0 Å². The molecule has 76 heavy (non-hydrogen) atoms. The first-order chi connectivity index (χ1) is 33.7. The normalized spacial score (nSPS) is 10.2. The van der Waals surface area contributed by atoms with E-state index in [4.69, 9.17) is 14.0 Å². The Hall–Kier alpha value is -6.92. The summed E-state index contributed by atoms with van der Waals surface area (Å²) in [5, 5.41) is 57.6. The van der Waals surface area contributed by atoms with Gasteiger partial charge in [0.25, 0.3) is 0 Å². The Labute approximate surface area is 457 Å². The molecular weight excluding hydrogens is 1000 g/mol. The first-order valence-electron chi connectivity index (χ1n) is 22.3. The van der Waals surface area contributed by atoms with Crippen molar-refractivity contribution in [2.24, 2.45) is 0 Å². The molecule has 0 aromatic heterocycles. The van der Waals surface area contributed by atoms with Gasteiger partial charge in [0, 0.05) is 16.8 Å². The Morgan fingerprint density at radius 2 is 0.289 bits per heavy atom. The molecule has 0 fully saturated rings. The molecular formula is C57H69B3CoN6O9. The summed E-state index contributed by atoms with van der Waals surface area (Å²) in [6.45, 7) is 0. The standard InChI is InChI=1S/3C19H17BO3.Co.6H3N/c3*21-20(22)23-19(16-10-4-1-5-11-16,17-12-6-2-7-13-17)18-14-8-3-9-15-18;;;;;;;/h3*1-15,21-22H;;6*1H3. The first kappa shape index (κ1) is 69.1. The summed E-state index contributed by atoms with van der Waals surface area (Å²) >= 11 is 0. The number of rotatable bonds is 15. The zero-order valence-electron chi connectivity index (χ0n) is 42.2. The van der Waals surface area contributed by atoms with E-state index in [1.54, 1.807) is 0 Å². The second-order valence-corrected chi connectivity index (χ2v) is 15.7. The molecule has 24 N–H and O–H groups in total. The largest absolute Gasteiger partial charge is 0.635 e. The molecule has 9 aromatic rings. The van der Waals surface area contributed by atoms with Crippen LogP contribution in [0.5, 0.6) is 0 Å². The topological polar surface area (TPSA) is 359 Å². The van der Waals surface area contributed by atoms with E-state index in [1.807, 2.05) is 273 Å². The summed E-state index contributed by atoms with van der Waals surface area (Å²) in [4.78, 5) is 0. The van der Waals surface area contributed by atoms with E-state index in [-0.39, 0.29) is 53.7 Å². The van der Waals surface area contributed by atoms with E-state index in [1.165, 1.54) is 0 Å². The minimum atomic E-state index is -1.91. The van der Waals surface area contributed by atoms with Crippen LogP contribution in [-0.2, 0) is 47.5 Å². The Kier molecular flexibility index (Phi) is 30.8. The smallest absolute Gasteiger partial charge is 0.402 e. The van der Waals surface area contributed by atoms with E-state index in [2.05, 4.69) is 0 Å². The van der Waals surface area contributed by atoms with Gasteiger partial charge in [-0.3, -0.25) is 0 Å². The second-order valence-electron chi connectivity index (χ2n) is 15.7. The van der Waals surface area contributed by atoms with E-state index in [0.29, 0.717) is 0 Å². The fraction of sp³-hybridized carbons (Fsp3) is 0.0526. The quantitative estimate of drug-likeness (QED) is 0.0335. The zero-order valence-corrected chi connectivity index (χ0v) is 43.2. The van der Waals surface area contributed by atoms with Gasteiger partial charge in [-0.25, -0.2) is 0 Å². The van der Waals surface area contributed by atoms with Crippen molar-refractivity contribution in [3.8, 4) is 0 Å². The molecule has 0 heterocycles. The molecule has 19 heteroatoms. The molecule has 0 spiro atoms. The minimum Gasteiger partial charge on any atom is -0.402 e. The van der Waals surface area contributed by atoms with Gasteiger partial charge in [-0.1, -0.05) is 273 Å². The van der Waals surface area contributed by atoms with Gasteiger partial charge in [0.2, 0.25) is 0 Å². The molecule has 0 amide bonds. The first-order valence-corrected chi connectivity index (χ1v) is 22.3. The van der Waals surface area contributed by atoms with Gasteiger partial charge in [0.15, 0.2) is 0 Å². The van der Waals surface area contributed by atoms with E-state index >= 15 is 0 Å². The summed E-state index contributed by atoms with van der Waals surface area (Å²) in [6.07, 6.45) is 0. The van der Waals surface area contributed by atoms with Gasteiger partial charge in [-0.05, 0) is 50.1 Å². The van der Waals surface area contributed by atoms with E-state index < -0.39 is 38.8 Å². The molecule has 1 radical (unpaired) electrons. The number of hydrogen-bond acceptors (Lipinski definition) is 15. The molecule has 0 aliphatic rings. The van der Waals surface area contributed by atoms with Crippen LogP contribution in [0.4, 0.5) is 0 Å². The van der Waals surface area contributed by atoms with Crippen LogP contribution in [-0.4, -0.2) is 52.1 Å². The van der Waals surface area contributed by atoms with Crippen LogP contribution in [0.3, 0.4) is 0 Å². The third-order valence-corrected chi connectivity index (χ3v) is 11.5. The molecule has 9 rings (SSSR count). The molecule has 0 unspecified atom stereocenters. The number of benzene rings is 9. The fourth-order valence-electron chi connectivity index (χ4n) is 8.64. The molecule has 15 nitrogen and oxygen atoms in total. The maximum absolute atomic E-state index is 9.61. The average molecular weight is 1070 g/mol. The summed E-state index contributed by atoms with van der Waals surface area (Å²) in [5.74, 6) is 0. The summed E-state index contributed by atoms with van der Waals surface area (Å²) in [5.41, 5.74) is 4.12. The van der Waals surface area contributed by atoms with Crippen LogP contribution >= 0.6 is 0 Å². The molecule has 0 atom stereocenters. The predicted octanol–water partition coefficient (Wildman–Crippen LogP) is 9.86. The Balaban J connectivity index is 0.00000106. The second kappa shape index (κ2) is 33.9. The van der Waals surface area contributed by atoms with Crippen molar-refractivity contribution in [3.05, 3.63) is 323 Å². The van der Waals surface area contributed by atoms with Crippen molar-refractivity contribution >= 4 is 22.0 Å². The summed E-state index contributed by atoms with van der Waals surface area (Å²) < 4.78 is 17.1. The monoisotopic (exact) mass is 1070 g/mol. The SMILES string of the molecule is N.N.N.N.N.N.OB(O)OC(c1ccccc1)(c1ccccc1)c1ccccc1.OB(O)OC(c1ccccc1)(c1ccccc1)c1ccccc1.OB(O)OC(c1ccccc1)(c1ccccc1)c1ccccc1.[Co]. The van der Waals surface area contributed by atoms with Crippen molar-refractivity contribution < 1.29 is 60.9 Å². The Morgan fingerprint density at radius 1 is 0.197 bits per heavy atom. The van der Waals surface area contributed by atoms with Gasteiger partial charge in [-0.15, -0.1) is 0 Å². The third kappa shape index (κ3) is 16.3. The number of hydrogen-bond donors (Lipinski definition) is 12. The van der Waals surface area contributed by atoms with Gasteiger partial charge < -0.3 is 81.0 Å². The molecule has 0 bridgehead atoms. The van der Waals surface area contributed by atoms with Crippen LogP contribution in [0.1, 0.15) is 50.1 Å². The van der Waals surface area contributed by atoms with E-state index in [0.717, 1.165) is 50.1 Å². The van der Waals surface area contributed by atoms with Crippen LogP contribution in [0.25, 0.3) is 0 Å². The van der Waals surface area contributed by atoms with Gasteiger partial charge >= 0.3 is 22.0 Å². The summed E-state index contributed by atoms with van der Waals surface area (Å²) in [7, 11) is -5.72. The molecule has 399 valence electrons. The summed E-state index contributed by atoms with van der Waals surface area (Å²) in [6, 6.07) is 86.1. The van der Waals surface area contributed by atoms with Crippen LogP contribution in [0.15, 0.2) is 273 Å². The molecule has 0 aliphatic heterocycles. The molecule has 0 saturated heterocycles.